The molecule has 2 aromatic carbocycles. The van der Waals surface area contributed by atoms with E-state index in [2.05, 4.69) is 38.3 Å². The van der Waals surface area contributed by atoms with Crippen molar-refractivity contribution < 1.29 is 19.5 Å². The van der Waals surface area contributed by atoms with Crippen molar-refractivity contribution in [2.75, 3.05) is 11.9 Å². The van der Waals surface area contributed by atoms with Gasteiger partial charge in [-0.25, -0.2) is 0 Å². The minimum absolute atomic E-state index is 0.0157. The first kappa shape index (κ1) is 30.6. The normalized spacial score (nSPS) is 29.4. The average Bonchev–Trinajstić information content (AvgIpc) is 3.50. The first-order valence-electron chi connectivity index (χ1n) is 15.1. The number of thioether (sulfide) groups is 1. The van der Waals surface area contributed by atoms with Crippen LogP contribution in [0.25, 0.3) is 0 Å². The van der Waals surface area contributed by atoms with E-state index in [4.69, 9.17) is 0 Å². The number of aliphatic hydroxyl groups excluding tert-OH is 1. The van der Waals surface area contributed by atoms with Crippen molar-refractivity contribution in [3.8, 4) is 0 Å². The summed E-state index contributed by atoms with van der Waals surface area (Å²) >= 11 is 1.66. The van der Waals surface area contributed by atoms with Gasteiger partial charge in [0.1, 0.15) is 6.04 Å². The van der Waals surface area contributed by atoms with Crippen LogP contribution in [-0.4, -0.2) is 62.0 Å². The molecule has 2 bridgehead atoms. The molecule has 3 heterocycles. The lowest BCUT2D eigenvalue weighted by Crippen LogP contribution is -2.61. The number of likely N-dealkylation sites (tertiary alicyclic amines) is 1. The van der Waals surface area contributed by atoms with Gasteiger partial charge in [-0.15, -0.1) is 11.8 Å². The smallest absolute Gasteiger partial charge is 0.244 e. The molecule has 2 aromatic rings. The zero-order valence-corrected chi connectivity index (χ0v) is 26.4. The molecule has 5 rings (SSSR count). The third-order valence-electron chi connectivity index (χ3n) is 9.13. The molecule has 3 N–H and O–H groups in total. The summed E-state index contributed by atoms with van der Waals surface area (Å²) in [6.07, 6.45) is 1.93. The van der Waals surface area contributed by atoms with Crippen molar-refractivity contribution in [3.05, 3.63) is 66.2 Å². The summed E-state index contributed by atoms with van der Waals surface area (Å²) < 4.78 is -0.757. The highest BCUT2D eigenvalue weighted by atomic mass is 32.2. The van der Waals surface area contributed by atoms with Gasteiger partial charge in [-0.05, 0) is 62.1 Å². The van der Waals surface area contributed by atoms with Gasteiger partial charge in [-0.1, -0.05) is 76.2 Å². The number of nitrogens with zero attached hydrogens (tertiary/aromatic N) is 1. The van der Waals surface area contributed by atoms with E-state index in [1.165, 1.54) is 0 Å². The van der Waals surface area contributed by atoms with E-state index in [0.717, 1.165) is 18.4 Å². The summed E-state index contributed by atoms with van der Waals surface area (Å²) in [5.41, 5.74) is 1.14. The molecule has 226 valence electrons. The largest absolute Gasteiger partial charge is 0.394 e. The van der Waals surface area contributed by atoms with Gasteiger partial charge in [0.15, 0.2) is 0 Å². The molecule has 1 spiro atoms. The molecule has 3 unspecified atom stereocenters. The Balaban J connectivity index is 1.54. The third kappa shape index (κ3) is 5.60. The fourth-order valence-corrected chi connectivity index (χ4v) is 10.5. The predicted octanol–water partition coefficient (Wildman–Crippen LogP) is 4.90. The van der Waals surface area contributed by atoms with E-state index in [1.807, 2.05) is 74.5 Å². The SMILES string of the molecule is CC1C[C@@H]2SC13C(C(=O)NC(C)(C)CC(C)(C)C)N([C@@H](CO)Cc1ccccc1)C(=O)[C@@H]3[C@@H]2C(=O)Nc1ccccc1. The van der Waals surface area contributed by atoms with Crippen LogP contribution >= 0.6 is 11.8 Å². The Morgan fingerprint density at radius 1 is 1.02 bits per heavy atom. The summed E-state index contributed by atoms with van der Waals surface area (Å²) in [6.45, 7) is 12.3. The quantitative estimate of drug-likeness (QED) is 0.386. The number of amides is 3. The molecule has 3 amide bonds. The molecule has 42 heavy (non-hydrogen) atoms. The minimum Gasteiger partial charge on any atom is -0.394 e. The zero-order chi connectivity index (χ0) is 30.4. The molecule has 3 saturated heterocycles. The van der Waals surface area contributed by atoms with E-state index in [-0.39, 0.29) is 40.9 Å². The van der Waals surface area contributed by atoms with Crippen LogP contribution in [0, 0.1) is 23.2 Å². The van der Waals surface area contributed by atoms with Gasteiger partial charge in [-0.2, -0.15) is 0 Å². The Labute approximate surface area is 254 Å². The molecule has 8 heteroatoms. The number of anilines is 1. The molecule has 3 aliphatic rings. The first-order valence-corrected chi connectivity index (χ1v) is 16.0. The van der Waals surface area contributed by atoms with Crippen molar-refractivity contribution in [2.45, 2.75) is 88.4 Å². The number of carbonyl (C=O) groups excluding carboxylic acids is 3. The lowest BCUT2D eigenvalue weighted by Gasteiger charge is -2.42. The predicted molar refractivity (Wildman–Crippen MR) is 168 cm³/mol. The molecule has 0 aromatic heterocycles. The summed E-state index contributed by atoms with van der Waals surface area (Å²) in [5, 5.41) is 17.0. The molecule has 0 aliphatic carbocycles. The van der Waals surface area contributed by atoms with Crippen molar-refractivity contribution in [3.63, 3.8) is 0 Å². The van der Waals surface area contributed by atoms with Crippen LogP contribution in [0.1, 0.15) is 59.9 Å². The number of para-hydroxylation sites is 1. The van der Waals surface area contributed by atoms with Gasteiger partial charge in [-0.3, -0.25) is 14.4 Å². The van der Waals surface area contributed by atoms with Gasteiger partial charge in [0, 0.05) is 16.5 Å². The molecule has 3 fully saturated rings. The molecular weight excluding hydrogens is 546 g/mol. The molecule has 0 radical (unpaired) electrons. The number of hydrogen-bond acceptors (Lipinski definition) is 5. The second kappa shape index (κ2) is 11.3. The van der Waals surface area contributed by atoms with Crippen molar-refractivity contribution >= 4 is 35.2 Å². The second-order valence-corrected chi connectivity index (χ2v) is 15.8. The molecule has 3 aliphatic heterocycles. The zero-order valence-electron chi connectivity index (χ0n) is 25.6. The van der Waals surface area contributed by atoms with Gasteiger partial charge >= 0.3 is 0 Å². The number of hydrogen-bond donors (Lipinski definition) is 3. The van der Waals surface area contributed by atoms with E-state index >= 15 is 0 Å². The molecule has 7 nitrogen and oxygen atoms in total. The number of fused-ring (bicyclic) bond motifs is 1. The number of nitrogens with one attached hydrogen (secondary N) is 2. The Hall–Kier alpha value is -2.84. The van der Waals surface area contributed by atoms with Crippen LogP contribution in [0.4, 0.5) is 5.69 Å². The highest BCUT2D eigenvalue weighted by Crippen LogP contribution is 2.69. The standard InChI is InChI=1S/C34H45N3O4S/c1-21-17-25-26(29(39)35-23-15-11-8-12-16-23)27-31(41)37(24(19-38)18-22-13-9-7-10-14-22)28(34(21,27)42-25)30(40)36-33(5,6)20-32(2,3)4/h7-16,21,24-28,38H,17-20H2,1-6H3,(H,35,39)(H,36,40)/t21?,24-,25+,26-,27+,28?,34?/m1/s1. The van der Waals surface area contributed by atoms with E-state index < -0.39 is 34.2 Å². The van der Waals surface area contributed by atoms with Crippen LogP contribution in [0.5, 0.6) is 0 Å². The summed E-state index contributed by atoms with van der Waals surface area (Å²) in [6, 6.07) is 17.7. The van der Waals surface area contributed by atoms with Gasteiger partial charge in [0.05, 0.1) is 29.2 Å². The van der Waals surface area contributed by atoms with E-state index in [1.54, 1.807) is 16.7 Å². The highest BCUT2D eigenvalue weighted by Gasteiger charge is 2.76. The number of aliphatic hydroxyl groups is 1. The summed E-state index contributed by atoms with van der Waals surface area (Å²) in [4.78, 5) is 44.7. The molecular formula is C34H45N3O4S. The average molecular weight is 592 g/mol. The van der Waals surface area contributed by atoms with Crippen LogP contribution in [0.2, 0.25) is 0 Å². The second-order valence-electron chi connectivity index (χ2n) is 14.3. The van der Waals surface area contributed by atoms with Crippen molar-refractivity contribution in [2.24, 2.45) is 23.2 Å². The highest BCUT2D eigenvalue weighted by molar-refractivity contribution is 8.02. The summed E-state index contributed by atoms with van der Waals surface area (Å²) in [5.74, 6) is -1.73. The maximum absolute atomic E-state index is 14.6. The van der Waals surface area contributed by atoms with Crippen molar-refractivity contribution in [1.82, 2.24) is 10.2 Å². The van der Waals surface area contributed by atoms with E-state index in [0.29, 0.717) is 12.1 Å². The maximum Gasteiger partial charge on any atom is 0.244 e. The fourth-order valence-electron chi connectivity index (χ4n) is 8.11. The molecule has 0 saturated carbocycles. The van der Waals surface area contributed by atoms with Gasteiger partial charge in [0.25, 0.3) is 0 Å². The fraction of sp³-hybridized carbons (Fsp3) is 0.559. The van der Waals surface area contributed by atoms with Crippen LogP contribution in [0.3, 0.4) is 0 Å². The lowest BCUT2D eigenvalue weighted by molar-refractivity contribution is -0.142. The monoisotopic (exact) mass is 591 g/mol. The van der Waals surface area contributed by atoms with Crippen molar-refractivity contribution in [1.29, 1.82) is 0 Å². The van der Waals surface area contributed by atoms with Crippen LogP contribution in [0.15, 0.2) is 60.7 Å². The summed E-state index contributed by atoms with van der Waals surface area (Å²) in [7, 11) is 0. The van der Waals surface area contributed by atoms with E-state index in [9.17, 15) is 19.5 Å². The van der Waals surface area contributed by atoms with Crippen LogP contribution < -0.4 is 10.6 Å². The Morgan fingerprint density at radius 3 is 2.24 bits per heavy atom. The van der Waals surface area contributed by atoms with Crippen LogP contribution in [-0.2, 0) is 20.8 Å². The third-order valence-corrected chi connectivity index (χ3v) is 11.2. The Kier molecular flexibility index (Phi) is 8.27. The number of benzene rings is 2. The number of carbonyl (C=O) groups is 3. The topological polar surface area (TPSA) is 98.7 Å². The lowest BCUT2D eigenvalue weighted by atomic mass is 9.65. The number of rotatable bonds is 9. The Morgan fingerprint density at radius 2 is 1.64 bits per heavy atom. The van der Waals surface area contributed by atoms with Gasteiger partial charge in [0.2, 0.25) is 17.7 Å². The van der Waals surface area contributed by atoms with Gasteiger partial charge < -0.3 is 20.6 Å². The molecule has 7 atom stereocenters. The maximum atomic E-state index is 14.6. The minimum atomic E-state index is -0.797. The first-order chi connectivity index (χ1) is 19.8. The Bertz CT molecular complexity index is 1310.